The molecule has 0 radical (unpaired) electrons. The number of rotatable bonds is 4. The molecule has 1 aromatic heterocycles. The van der Waals surface area contributed by atoms with Gasteiger partial charge in [0.15, 0.2) is 0 Å². The molecule has 0 saturated heterocycles. The lowest BCUT2D eigenvalue weighted by atomic mass is 10.0. The number of nitrogens with one attached hydrogen (secondary N) is 1. The molecular weight excluding hydrogens is 320 g/mol. The van der Waals surface area contributed by atoms with Crippen LogP contribution in [0.4, 0.5) is 5.69 Å². The normalized spacial score (nSPS) is 10.5. The minimum Gasteiger partial charge on any atom is -0.464 e. The molecule has 0 fully saturated rings. The van der Waals surface area contributed by atoms with Crippen molar-refractivity contribution in [1.29, 1.82) is 0 Å². The summed E-state index contributed by atoms with van der Waals surface area (Å²) in [6, 6.07) is 15.8. The van der Waals surface area contributed by atoms with E-state index in [-0.39, 0.29) is 11.4 Å². The fourth-order valence-electron chi connectivity index (χ4n) is 2.62. The average molecular weight is 336 g/mol. The van der Waals surface area contributed by atoms with E-state index in [0.717, 1.165) is 16.8 Å². The smallest absolute Gasteiger partial charge is 0.355 e. The SMILES string of the molecule is COC(=O)c1[nH]c(-c2ccc(C)cc2)cc1-c1cccc([N+](=O)[O-])c1. The second-order valence-electron chi connectivity index (χ2n) is 5.64. The molecule has 0 atom stereocenters. The third-order valence-corrected chi connectivity index (χ3v) is 3.94. The van der Waals surface area contributed by atoms with Crippen LogP contribution in [0.25, 0.3) is 22.4 Å². The monoisotopic (exact) mass is 336 g/mol. The van der Waals surface area contributed by atoms with E-state index in [2.05, 4.69) is 4.98 Å². The minimum absolute atomic E-state index is 0.0357. The molecule has 1 heterocycles. The number of aromatic amines is 1. The van der Waals surface area contributed by atoms with Gasteiger partial charge in [0.25, 0.3) is 5.69 Å². The Morgan fingerprint density at radius 1 is 1.08 bits per heavy atom. The highest BCUT2D eigenvalue weighted by molar-refractivity contribution is 5.97. The predicted molar refractivity (Wildman–Crippen MR) is 94.4 cm³/mol. The van der Waals surface area contributed by atoms with Crippen LogP contribution >= 0.6 is 0 Å². The van der Waals surface area contributed by atoms with Crippen molar-refractivity contribution in [2.75, 3.05) is 7.11 Å². The van der Waals surface area contributed by atoms with Gasteiger partial charge in [-0.25, -0.2) is 4.79 Å². The second kappa shape index (κ2) is 6.60. The largest absolute Gasteiger partial charge is 0.464 e. The third kappa shape index (κ3) is 3.28. The number of non-ortho nitro benzene ring substituents is 1. The Balaban J connectivity index is 2.14. The Hall–Kier alpha value is -3.41. The van der Waals surface area contributed by atoms with E-state index in [4.69, 9.17) is 4.74 Å². The van der Waals surface area contributed by atoms with Gasteiger partial charge in [0, 0.05) is 23.4 Å². The highest BCUT2D eigenvalue weighted by Gasteiger charge is 2.19. The molecule has 0 spiro atoms. The molecule has 25 heavy (non-hydrogen) atoms. The summed E-state index contributed by atoms with van der Waals surface area (Å²) in [5.41, 5.74) is 4.14. The van der Waals surface area contributed by atoms with Gasteiger partial charge in [-0.05, 0) is 24.1 Å². The maximum atomic E-state index is 12.1. The molecule has 126 valence electrons. The summed E-state index contributed by atoms with van der Waals surface area (Å²) < 4.78 is 4.84. The van der Waals surface area contributed by atoms with Crippen molar-refractivity contribution in [2.45, 2.75) is 6.92 Å². The molecule has 0 aliphatic heterocycles. The van der Waals surface area contributed by atoms with Crippen LogP contribution in [0.5, 0.6) is 0 Å². The molecule has 0 saturated carbocycles. The van der Waals surface area contributed by atoms with E-state index in [9.17, 15) is 14.9 Å². The maximum Gasteiger partial charge on any atom is 0.355 e. The van der Waals surface area contributed by atoms with Gasteiger partial charge in [0.1, 0.15) is 5.69 Å². The van der Waals surface area contributed by atoms with Crippen molar-refractivity contribution in [3.05, 3.63) is 76.0 Å². The van der Waals surface area contributed by atoms with E-state index in [1.54, 1.807) is 18.2 Å². The van der Waals surface area contributed by atoms with Crippen LogP contribution in [0, 0.1) is 17.0 Å². The number of esters is 1. The highest BCUT2D eigenvalue weighted by atomic mass is 16.6. The number of methoxy groups -OCH3 is 1. The predicted octanol–water partition coefficient (Wildman–Crippen LogP) is 4.35. The number of H-pyrrole nitrogens is 1. The van der Waals surface area contributed by atoms with Gasteiger partial charge in [-0.1, -0.05) is 42.0 Å². The van der Waals surface area contributed by atoms with E-state index >= 15 is 0 Å². The maximum absolute atomic E-state index is 12.1. The number of aromatic nitrogens is 1. The van der Waals surface area contributed by atoms with Crippen LogP contribution in [0.1, 0.15) is 16.1 Å². The number of nitrogens with zero attached hydrogens (tertiary/aromatic N) is 1. The molecule has 1 N–H and O–H groups in total. The first-order valence-corrected chi connectivity index (χ1v) is 7.63. The van der Waals surface area contributed by atoms with Gasteiger partial charge < -0.3 is 9.72 Å². The molecule has 0 unspecified atom stereocenters. The molecule has 3 rings (SSSR count). The number of ether oxygens (including phenoxy) is 1. The van der Waals surface area contributed by atoms with Crippen molar-refractivity contribution < 1.29 is 14.5 Å². The van der Waals surface area contributed by atoms with Gasteiger partial charge in [0.2, 0.25) is 0 Å². The van der Waals surface area contributed by atoms with Crippen LogP contribution in [-0.2, 0) is 4.74 Å². The van der Waals surface area contributed by atoms with E-state index in [1.165, 1.54) is 19.2 Å². The zero-order valence-electron chi connectivity index (χ0n) is 13.8. The average Bonchev–Trinajstić information content (AvgIpc) is 3.07. The quantitative estimate of drug-likeness (QED) is 0.436. The molecule has 6 nitrogen and oxygen atoms in total. The Labute approximate surface area is 144 Å². The Bertz CT molecular complexity index is 942. The van der Waals surface area contributed by atoms with Gasteiger partial charge in [-0.2, -0.15) is 0 Å². The summed E-state index contributed by atoms with van der Waals surface area (Å²) in [7, 11) is 1.30. The number of carbonyl (C=O) groups excluding carboxylic acids is 1. The highest BCUT2D eigenvalue weighted by Crippen LogP contribution is 2.32. The number of aryl methyl sites for hydroxylation is 1. The summed E-state index contributed by atoms with van der Waals surface area (Å²) in [6.07, 6.45) is 0. The fraction of sp³-hybridized carbons (Fsp3) is 0.105. The first-order valence-electron chi connectivity index (χ1n) is 7.63. The number of benzene rings is 2. The number of hydrogen-bond donors (Lipinski definition) is 1. The number of nitro benzene ring substituents is 1. The summed E-state index contributed by atoms with van der Waals surface area (Å²) in [4.78, 5) is 25.8. The van der Waals surface area contributed by atoms with Crippen LogP contribution in [0.2, 0.25) is 0 Å². The summed E-state index contributed by atoms with van der Waals surface area (Å²) >= 11 is 0. The van der Waals surface area contributed by atoms with Gasteiger partial charge in [-0.15, -0.1) is 0 Å². The Kier molecular flexibility index (Phi) is 4.35. The molecule has 0 amide bonds. The first-order chi connectivity index (χ1) is 12.0. The molecule has 0 bridgehead atoms. The standard InChI is InChI=1S/C19H16N2O4/c1-12-6-8-13(9-7-12)17-11-16(18(20-17)19(22)25-2)14-4-3-5-15(10-14)21(23)24/h3-11,20H,1-2H3. The van der Waals surface area contributed by atoms with Gasteiger partial charge >= 0.3 is 5.97 Å². The van der Waals surface area contributed by atoms with Crippen LogP contribution in [-0.4, -0.2) is 23.0 Å². The fourth-order valence-corrected chi connectivity index (χ4v) is 2.62. The van der Waals surface area contributed by atoms with Gasteiger partial charge in [0.05, 0.1) is 12.0 Å². The van der Waals surface area contributed by atoms with Crippen molar-refractivity contribution in [3.8, 4) is 22.4 Å². The Morgan fingerprint density at radius 2 is 1.80 bits per heavy atom. The topological polar surface area (TPSA) is 85.2 Å². The summed E-state index contributed by atoms with van der Waals surface area (Å²) in [6.45, 7) is 1.99. The summed E-state index contributed by atoms with van der Waals surface area (Å²) in [5, 5.41) is 11.0. The molecule has 0 aliphatic carbocycles. The first kappa shape index (κ1) is 16.4. The van der Waals surface area contributed by atoms with Crippen molar-refractivity contribution in [2.24, 2.45) is 0 Å². The zero-order valence-corrected chi connectivity index (χ0v) is 13.8. The molecule has 2 aromatic carbocycles. The van der Waals surface area contributed by atoms with E-state index < -0.39 is 10.9 Å². The van der Waals surface area contributed by atoms with Crippen LogP contribution in [0.3, 0.4) is 0 Å². The third-order valence-electron chi connectivity index (χ3n) is 3.94. The molecular formula is C19H16N2O4. The minimum atomic E-state index is -0.528. The molecule has 0 aliphatic rings. The van der Waals surface area contributed by atoms with Crippen molar-refractivity contribution in [1.82, 2.24) is 4.98 Å². The lowest BCUT2D eigenvalue weighted by Gasteiger charge is -2.02. The van der Waals surface area contributed by atoms with Crippen molar-refractivity contribution in [3.63, 3.8) is 0 Å². The summed E-state index contributed by atoms with van der Waals surface area (Å²) in [5.74, 6) is -0.528. The lowest BCUT2D eigenvalue weighted by Crippen LogP contribution is -2.03. The Morgan fingerprint density at radius 3 is 2.44 bits per heavy atom. The number of carbonyl (C=O) groups is 1. The van der Waals surface area contributed by atoms with Gasteiger partial charge in [-0.3, -0.25) is 10.1 Å². The van der Waals surface area contributed by atoms with E-state index in [1.807, 2.05) is 31.2 Å². The zero-order chi connectivity index (χ0) is 18.0. The van der Waals surface area contributed by atoms with Crippen LogP contribution in [0.15, 0.2) is 54.6 Å². The molecule has 3 aromatic rings. The number of hydrogen-bond acceptors (Lipinski definition) is 4. The lowest BCUT2D eigenvalue weighted by molar-refractivity contribution is -0.384. The molecule has 6 heteroatoms. The van der Waals surface area contributed by atoms with Crippen molar-refractivity contribution >= 4 is 11.7 Å². The second-order valence-corrected chi connectivity index (χ2v) is 5.64. The number of nitro groups is 1. The van der Waals surface area contributed by atoms with E-state index in [0.29, 0.717) is 11.1 Å². The van der Waals surface area contributed by atoms with Crippen LogP contribution < -0.4 is 0 Å².